The Bertz CT molecular complexity index is 162. The van der Waals surface area contributed by atoms with Crippen molar-refractivity contribution in [1.82, 2.24) is 0 Å². The van der Waals surface area contributed by atoms with Crippen LogP contribution in [-0.2, 0) is 4.74 Å². The van der Waals surface area contributed by atoms with Gasteiger partial charge in [0.2, 0.25) is 0 Å². The van der Waals surface area contributed by atoms with Crippen molar-refractivity contribution in [2.45, 2.75) is 52.9 Å². The number of ether oxygens (including phenoxy) is 1. The summed E-state index contributed by atoms with van der Waals surface area (Å²) in [5.74, 6) is 0. The van der Waals surface area contributed by atoms with Crippen LogP contribution in [-0.4, -0.2) is 17.9 Å². The summed E-state index contributed by atoms with van der Waals surface area (Å²) in [6.45, 7) is 6.69. The zero-order valence-electron chi connectivity index (χ0n) is 9.51. The maximum atomic E-state index is 10.3. The molecule has 0 spiro atoms. The molecule has 0 unspecified atom stereocenters. The molecular weight excluding hydrogens is 180 g/mol. The van der Waals surface area contributed by atoms with Crippen LogP contribution in [0.5, 0.6) is 0 Å². The third-order valence-electron chi connectivity index (χ3n) is 3.06. The molecule has 0 saturated heterocycles. The van der Waals surface area contributed by atoms with E-state index in [1.165, 1.54) is 0 Å². The van der Waals surface area contributed by atoms with Crippen molar-refractivity contribution in [2.24, 2.45) is 5.41 Å². The van der Waals surface area contributed by atoms with Crippen LogP contribution in [0, 0.1) is 5.41 Å². The minimum Gasteiger partial charge on any atom is -0.450 e. The number of unbranched alkanes of at least 4 members (excludes halogenated alkanes) is 1. The van der Waals surface area contributed by atoms with Crippen LogP contribution in [0.1, 0.15) is 52.9 Å². The SMILES string of the molecule is CCCCC(CC)(CC)COC(=O)O. The summed E-state index contributed by atoms with van der Waals surface area (Å²) in [4.78, 5) is 10.3. The predicted molar refractivity (Wildman–Crippen MR) is 56.5 cm³/mol. The molecule has 0 atom stereocenters. The molecule has 0 rings (SSSR count). The highest BCUT2D eigenvalue weighted by molar-refractivity contribution is 5.56. The van der Waals surface area contributed by atoms with Crippen molar-refractivity contribution >= 4 is 6.16 Å². The molecule has 3 heteroatoms. The molecule has 0 aliphatic carbocycles. The number of hydrogen-bond acceptors (Lipinski definition) is 2. The molecule has 0 radical (unpaired) electrons. The van der Waals surface area contributed by atoms with E-state index in [1.54, 1.807) is 0 Å². The van der Waals surface area contributed by atoms with Gasteiger partial charge in [-0.15, -0.1) is 0 Å². The van der Waals surface area contributed by atoms with E-state index in [-0.39, 0.29) is 5.41 Å². The van der Waals surface area contributed by atoms with Gasteiger partial charge in [-0.2, -0.15) is 0 Å². The maximum absolute atomic E-state index is 10.3. The second-order valence-corrected chi connectivity index (χ2v) is 3.87. The molecule has 0 aromatic carbocycles. The Morgan fingerprint density at radius 3 is 2.21 bits per heavy atom. The first-order chi connectivity index (χ1) is 6.60. The first-order valence-electron chi connectivity index (χ1n) is 5.46. The highest BCUT2D eigenvalue weighted by Gasteiger charge is 2.27. The van der Waals surface area contributed by atoms with Gasteiger partial charge in [-0.3, -0.25) is 0 Å². The zero-order chi connectivity index (χ0) is 11.0. The highest BCUT2D eigenvalue weighted by Crippen LogP contribution is 2.32. The van der Waals surface area contributed by atoms with Gasteiger partial charge in [0.1, 0.15) is 6.61 Å². The molecule has 3 nitrogen and oxygen atoms in total. The Labute approximate surface area is 86.5 Å². The van der Waals surface area contributed by atoms with E-state index < -0.39 is 6.16 Å². The first kappa shape index (κ1) is 13.3. The fraction of sp³-hybridized carbons (Fsp3) is 0.909. The Kier molecular flexibility index (Phi) is 6.34. The largest absolute Gasteiger partial charge is 0.505 e. The topological polar surface area (TPSA) is 46.5 Å². The van der Waals surface area contributed by atoms with Gasteiger partial charge in [0.15, 0.2) is 0 Å². The van der Waals surface area contributed by atoms with Crippen molar-refractivity contribution in [1.29, 1.82) is 0 Å². The van der Waals surface area contributed by atoms with E-state index in [1.807, 2.05) is 0 Å². The van der Waals surface area contributed by atoms with Gasteiger partial charge in [-0.05, 0) is 19.3 Å². The lowest BCUT2D eigenvalue weighted by molar-refractivity contribution is 0.0363. The van der Waals surface area contributed by atoms with Gasteiger partial charge in [-0.25, -0.2) is 4.79 Å². The number of hydrogen-bond donors (Lipinski definition) is 1. The van der Waals surface area contributed by atoms with Crippen LogP contribution in [0.25, 0.3) is 0 Å². The van der Waals surface area contributed by atoms with E-state index >= 15 is 0 Å². The van der Waals surface area contributed by atoms with E-state index in [2.05, 4.69) is 20.8 Å². The predicted octanol–water partition coefficient (Wildman–Crippen LogP) is 3.68. The van der Waals surface area contributed by atoms with E-state index in [0.29, 0.717) is 6.61 Å². The van der Waals surface area contributed by atoms with Crippen LogP contribution < -0.4 is 0 Å². The molecule has 0 aliphatic heterocycles. The molecule has 14 heavy (non-hydrogen) atoms. The van der Waals surface area contributed by atoms with E-state index in [9.17, 15) is 4.79 Å². The van der Waals surface area contributed by atoms with Gasteiger partial charge < -0.3 is 9.84 Å². The fourth-order valence-electron chi connectivity index (χ4n) is 1.65. The summed E-state index contributed by atoms with van der Waals surface area (Å²) in [5, 5.41) is 8.47. The van der Waals surface area contributed by atoms with Gasteiger partial charge >= 0.3 is 6.16 Å². The average Bonchev–Trinajstić information content (AvgIpc) is 2.19. The lowest BCUT2D eigenvalue weighted by Crippen LogP contribution is -2.26. The lowest BCUT2D eigenvalue weighted by Gasteiger charge is -2.30. The molecule has 0 amide bonds. The van der Waals surface area contributed by atoms with Crippen molar-refractivity contribution in [2.75, 3.05) is 6.61 Å². The smallest absolute Gasteiger partial charge is 0.450 e. The van der Waals surface area contributed by atoms with Crippen molar-refractivity contribution in [3.05, 3.63) is 0 Å². The number of carboxylic acid groups (broad SMARTS) is 1. The third kappa shape index (κ3) is 4.49. The monoisotopic (exact) mass is 202 g/mol. The molecule has 0 bridgehead atoms. The zero-order valence-corrected chi connectivity index (χ0v) is 9.51. The Morgan fingerprint density at radius 2 is 1.86 bits per heavy atom. The van der Waals surface area contributed by atoms with E-state index in [4.69, 9.17) is 9.84 Å². The summed E-state index contributed by atoms with van der Waals surface area (Å²) in [7, 11) is 0. The Hall–Kier alpha value is -0.730. The van der Waals surface area contributed by atoms with E-state index in [0.717, 1.165) is 32.1 Å². The molecule has 0 aliphatic rings. The molecule has 84 valence electrons. The summed E-state index contributed by atoms with van der Waals surface area (Å²) >= 11 is 0. The average molecular weight is 202 g/mol. The van der Waals surface area contributed by atoms with Crippen molar-refractivity contribution in [3.8, 4) is 0 Å². The van der Waals surface area contributed by atoms with Crippen LogP contribution in [0.15, 0.2) is 0 Å². The van der Waals surface area contributed by atoms with Crippen molar-refractivity contribution in [3.63, 3.8) is 0 Å². The molecule has 0 saturated carbocycles. The van der Waals surface area contributed by atoms with Crippen LogP contribution in [0.3, 0.4) is 0 Å². The fourth-order valence-corrected chi connectivity index (χ4v) is 1.65. The lowest BCUT2D eigenvalue weighted by atomic mass is 9.79. The molecule has 0 heterocycles. The third-order valence-corrected chi connectivity index (χ3v) is 3.06. The minimum absolute atomic E-state index is 0.0639. The van der Waals surface area contributed by atoms with Crippen LogP contribution in [0.4, 0.5) is 4.79 Å². The Balaban J connectivity index is 4.13. The summed E-state index contributed by atoms with van der Waals surface area (Å²) < 4.78 is 4.70. The molecule has 0 aromatic heterocycles. The maximum Gasteiger partial charge on any atom is 0.505 e. The van der Waals surface area contributed by atoms with Gasteiger partial charge in [0, 0.05) is 5.41 Å². The highest BCUT2D eigenvalue weighted by atomic mass is 16.7. The molecule has 0 fully saturated rings. The second-order valence-electron chi connectivity index (χ2n) is 3.87. The number of carbonyl (C=O) groups is 1. The quantitative estimate of drug-likeness (QED) is 0.640. The normalized spacial score (nSPS) is 11.4. The Morgan fingerprint density at radius 1 is 1.29 bits per heavy atom. The molecule has 0 aromatic rings. The molecular formula is C11H22O3. The van der Waals surface area contributed by atoms with Gasteiger partial charge in [0.25, 0.3) is 0 Å². The summed E-state index contributed by atoms with van der Waals surface area (Å²) in [6, 6.07) is 0. The van der Waals surface area contributed by atoms with Crippen molar-refractivity contribution < 1.29 is 14.6 Å². The van der Waals surface area contributed by atoms with Crippen LogP contribution >= 0.6 is 0 Å². The first-order valence-corrected chi connectivity index (χ1v) is 5.46. The van der Waals surface area contributed by atoms with Gasteiger partial charge in [-0.1, -0.05) is 33.6 Å². The second kappa shape index (κ2) is 6.68. The van der Waals surface area contributed by atoms with Gasteiger partial charge in [0.05, 0.1) is 0 Å². The minimum atomic E-state index is -1.16. The standard InChI is InChI=1S/C11H22O3/c1-4-7-8-11(5-2,6-3)9-14-10(12)13/h4-9H2,1-3H3,(H,12,13). The molecule has 1 N–H and O–H groups in total. The van der Waals surface area contributed by atoms with Crippen LogP contribution in [0.2, 0.25) is 0 Å². The number of rotatable bonds is 7. The summed E-state index contributed by atoms with van der Waals surface area (Å²) in [6.07, 6.45) is 4.16. The summed E-state index contributed by atoms with van der Waals surface area (Å²) in [5.41, 5.74) is 0.0639.